The van der Waals surface area contributed by atoms with Crippen molar-refractivity contribution in [3.05, 3.63) is 41.2 Å². The molecule has 17 heavy (non-hydrogen) atoms. The first-order valence-electron chi connectivity index (χ1n) is 4.77. The maximum Gasteiger partial charge on any atom is 0.335 e. The number of primary amides is 1. The van der Waals surface area contributed by atoms with Gasteiger partial charge in [0.15, 0.2) is 0 Å². The highest BCUT2D eigenvalue weighted by Crippen LogP contribution is 2.17. The van der Waals surface area contributed by atoms with Crippen molar-refractivity contribution in [2.75, 3.05) is 5.32 Å². The number of benzene rings is 1. The van der Waals surface area contributed by atoms with Gasteiger partial charge in [0.1, 0.15) is 5.70 Å². The number of nitrogens with two attached hydrogens (primary N) is 2. The molecular weight excluding hydrogens is 222 g/mol. The Hall–Kier alpha value is -2.50. The van der Waals surface area contributed by atoms with E-state index in [4.69, 9.17) is 16.6 Å². The summed E-state index contributed by atoms with van der Waals surface area (Å²) in [4.78, 5) is 21.4. The first-order chi connectivity index (χ1) is 7.91. The molecule has 0 fully saturated rings. The largest absolute Gasteiger partial charge is 0.478 e. The Labute approximate surface area is 97.9 Å². The highest BCUT2D eigenvalue weighted by molar-refractivity contribution is 5.91. The third-order valence-corrected chi connectivity index (χ3v) is 2.15. The lowest BCUT2D eigenvalue weighted by molar-refractivity contribution is -0.114. The summed E-state index contributed by atoms with van der Waals surface area (Å²) >= 11 is 0. The molecule has 6 heteroatoms. The van der Waals surface area contributed by atoms with Crippen LogP contribution in [0.5, 0.6) is 0 Å². The van der Waals surface area contributed by atoms with Crippen LogP contribution in [0.4, 0.5) is 5.69 Å². The zero-order chi connectivity index (χ0) is 13.0. The van der Waals surface area contributed by atoms with Crippen LogP contribution in [-0.2, 0) is 4.79 Å². The number of rotatable bonds is 4. The van der Waals surface area contributed by atoms with Crippen LogP contribution in [0.3, 0.4) is 0 Å². The second kappa shape index (κ2) is 5.02. The average molecular weight is 235 g/mol. The highest BCUT2D eigenvalue weighted by Gasteiger charge is 2.05. The number of carbonyl (C=O) groups is 2. The Balaban J connectivity index is 2.98. The summed E-state index contributed by atoms with van der Waals surface area (Å²) in [6.45, 7) is 1.79. The smallest absolute Gasteiger partial charge is 0.335 e. The fourth-order valence-corrected chi connectivity index (χ4v) is 1.14. The maximum absolute atomic E-state index is 10.8. The maximum atomic E-state index is 10.8. The number of aromatic carboxylic acids is 1. The third kappa shape index (κ3) is 3.23. The topological polar surface area (TPSA) is 118 Å². The Bertz CT molecular complexity index is 495. The molecule has 0 aliphatic heterocycles. The Morgan fingerprint density at radius 3 is 2.53 bits per heavy atom. The van der Waals surface area contributed by atoms with E-state index in [-0.39, 0.29) is 11.3 Å². The number of aryl methyl sites for hydroxylation is 1. The zero-order valence-corrected chi connectivity index (χ0v) is 9.23. The summed E-state index contributed by atoms with van der Waals surface area (Å²) in [5.41, 5.74) is 11.7. The van der Waals surface area contributed by atoms with Gasteiger partial charge >= 0.3 is 5.97 Å². The second-order valence-corrected chi connectivity index (χ2v) is 3.44. The Morgan fingerprint density at radius 2 is 2.00 bits per heavy atom. The van der Waals surface area contributed by atoms with Crippen molar-refractivity contribution in [1.82, 2.24) is 0 Å². The normalized spacial score (nSPS) is 11.0. The lowest BCUT2D eigenvalue weighted by atomic mass is 10.1. The van der Waals surface area contributed by atoms with Crippen molar-refractivity contribution in [3.8, 4) is 0 Å². The molecule has 1 aromatic rings. The van der Waals surface area contributed by atoms with E-state index < -0.39 is 11.9 Å². The summed E-state index contributed by atoms with van der Waals surface area (Å²) in [6, 6.07) is 4.59. The molecule has 0 aromatic heterocycles. The molecule has 0 radical (unpaired) electrons. The monoisotopic (exact) mass is 235 g/mol. The highest BCUT2D eigenvalue weighted by atomic mass is 16.4. The molecule has 6 nitrogen and oxygen atoms in total. The number of carbonyl (C=O) groups excluding carboxylic acids is 1. The van der Waals surface area contributed by atoms with E-state index in [1.807, 2.05) is 0 Å². The first kappa shape index (κ1) is 12.6. The van der Waals surface area contributed by atoms with Crippen molar-refractivity contribution >= 4 is 17.6 Å². The second-order valence-electron chi connectivity index (χ2n) is 3.44. The van der Waals surface area contributed by atoms with Gasteiger partial charge in [-0.15, -0.1) is 0 Å². The minimum Gasteiger partial charge on any atom is -0.478 e. The molecule has 0 aliphatic carbocycles. The van der Waals surface area contributed by atoms with Gasteiger partial charge in [-0.3, -0.25) is 4.79 Å². The molecule has 0 saturated heterocycles. The van der Waals surface area contributed by atoms with Crippen LogP contribution in [0.1, 0.15) is 15.9 Å². The molecule has 1 aromatic carbocycles. The molecule has 90 valence electrons. The predicted octanol–water partition coefficient (Wildman–Crippen LogP) is 0.391. The number of amides is 1. The van der Waals surface area contributed by atoms with Gasteiger partial charge in [0, 0.05) is 11.9 Å². The standard InChI is InChI=1S/C11H13N3O3/c1-6-2-3-7(11(16)17)4-9(6)14-5-8(12)10(13)15/h2-5,14H,12H2,1H3,(H2,13,15)(H,16,17)/b8-5-. The van der Waals surface area contributed by atoms with E-state index in [0.717, 1.165) is 5.56 Å². The summed E-state index contributed by atoms with van der Waals surface area (Å²) < 4.78 is 0. The molecule has 6 N–H and O–H groups in total. The molecule has 0 unspecified atom stereocenters. The van der Waals surface area contributed by atoms with Crippen LogP contribution >= 0.6 is 0 Å². The molecule has 0 heterocycles. The molecule has 0 bridgehead atoms. The van der Waals surface area contributed by atoms with Gasteiger partial charge in [0.2, 0.25) is 0 Å². The van der Waals surface area contributed by atoms with E-state index in [1.54, 1.807) is 13.0 Å². The minimum atomic E-state index is -1.03. The first-order valence-corrected chi connectivity index (χ1v) is 4.77. The molecular formula is C11H13N3O3. The number of hydrogen-bond acceptors (Lipinski definition) is 4. The summed E-state index contributed by atoms with van der Waals surface area (Å²) in [5.74, 6) is -1.77. The van der Waals surface area contributed by atoms with E-state index >= 15 is 0 Å². The van der Waals surface area contributed by atoms with Crippen molar-refractivity contribution in [1.29, 1.82) is 0 Å². The molecule has 0 saturated carbocycles. The SMILES string of the molecule is Cc1ccc(C(=O)O)cc1N/C=C(\N)C(N)=O. The van der Waals surface area contributed by atoms with Gasteiger partial charge in [-0.05, 0) is 24.6 Å². The van der Waals surface area contributed by atoms with Crippen molar-refractivity contribution in [3.63, 3.8) is 0 Å². The minimum absolute atomic E-state index is 0.134. The lowest BCUT2D eigenvalue weighted by Gasteiger charge is -2.07. The zero-order valence-electron chi connectivity index (χ0n) is 9.23. The van der Waals surface area contributed by atoms with Crippen LogP contribution in [0.15, 0.2) is 30.1 Å². The van der Waals surface area contributed by atoms with E-state index in [2.05, 4.69) is 5.32 Å². The van der Waals surface area contributed by atoms with Gasteiger partial charge in [0.25, 0.3) is 5.91 Å². The van der Waals surface area contributed by atoms with Gasteiger partial charge in [-0.1, -0.05) is 6.07 Å². The fraction of sp³-hybridized carbons (Fsp3) is 0.0909. The van der Waals surface area contributed by atoms with Gasteiger partial charge in [-0.25, -0.2) is 4.79 Å². The molecule has 0 spiro atoms. The van der Waals surface area contributed by atoms with Gasteiger partial charge < -0.3 is 21.9 Å². The van der Waals surface area contributed by atoms with Crippen molar-refractivity contribution in [2.45, 2.75) is 6.92 Å². The van der Waals surface area contributed by atoms with Crippen molar-refractivity contribution < 1.29 is 14.7 Å². The van der Waals surface area contributed by atoms with Gasteiger partial charge in [0.05, 0.1) is 5.56 Å². The summed E-state index contributed by atoms with van der Waals surface area (Å²) in [5, 5.41) is 11.6. The van der Waals surface area contributed by atoms with E-state index in [1.165, 1.54) is 18.3 Å². The van der Waals surface area contributed by atoms with Crippen LogP contribution in [0.2, 0.25) is 0 Å². The fourth-order valence-electron chi connectivity index (χ4n) is 1.14. The molecule has 1 rings (SSSR count). The predicted molar refractivity (Wildman–Crippen MR) is 63.2 cm³/mol. The van der Waals surface area contributed by atoms with Gasteiger partial charge in [-0.2, -0.15) is 0 Å². The van der Waals surface area contributed by atoms with Crippen LogP contribution in [0.25, 0.3) is 0 Å². The Kier molecular flexibility index (Phi) is 3.71. The lowest BCUT2D eigenvalue weighted by Crippen LogP contribution is -2.21. The van der Waals surface area contributed by atoms with Crippen LogP contribution < -0.4 is 16.8 Å². The molecule has 0 aliphatic rings. The number of hydrogen-bond donors (Lipinski definition) is 4. The van der Waals surface area contributed by atoms with E-state index in [9.17, 15) is 9.59 Å². The summed E-state index contributed by atoms with van der Waals surface area (Å²) in [7, 11) is 0. The average Bonchev–Trinajstić information content (AvgIpc) is 2.26. The number of nitrogens with one attached hydrogen (secondary N) is 1. The van der Waals surface area contributed by atoms with Crippen LogP contribution in [0, 0.1) is 6.92 Å². The third-order valence-electron chi connectivity index (χ3n) is 2.15. The quantitative estimate of drug-likeness (QED) is 0.563. The number of carboxylic acids is 1. The van der Waals surface area contributed by atoms with Crippen LogP contribution in [-0.4, -0.2) is 17.0 Å². The number of anilines is 1. The molecule has 1 amide bonds. The van der Waals surface area contributed by atoms with Crippen molar-refractivity contribution in [2.24, 2.45) is 11.5 Å². The summed E-state index contributed by atoms with van der Waals surface area (Å²) in [6.07, 6.45) is 1.23. The number of carboxylic acid groups (broad SMARTS) is 1. The Morgan fingerprint density at radius 1 is 1.35 bits per heavy atom. The van der Waals surface area contributed by atoms with E-state index in [0.29, 0.717) is 5.69 Å². The molecule has 0 atom stereocenters.